The van der Waals surface area contributed by atoms with Crippen molar-refractivity contribution < 1.29 is 23.8 Å². The van der Waals surface area contributed by atoms with Gasteiger partial charge in [-0.25, -0.2) is 4.79 Å². The Hall–Kier alpha value is -2.62. The number of carbonyl (C=O) groups excluding carboxylic acids is 2. The van der Waals surface area contributed by atoms with Gasteiger partial charge in [0.15, 0.2) is 0 Å². The highest BCUT2D eigenvalue weighted by Crippen LogP contribution is 2.34. The van der Waals surface area contributed by atoms with E-state index in [4.69, 9.17) is 36.9 Å². The van der Waals surface area contributed by atoms with Crippen LogP contribution in [0, 0.1) is 0 Å². The molecule has 0 unspecified atom stereocenters. The van der Waals surface area contributed by atoms with Crippen molar-refractivity contribution in [3.8, 4) is 0 Å². The molecule has 0 aliphatic carbocycles. The van der Waals surface area contributed by atoms with Gasteiger partial charge in [0.1, 0.15) is 30.1 Å². The van der Waals surface area contributed by atoms with Gasteiger partial charge in [-0.3, -0.25) is 4.79 Å². The van der Waals surface area contributed by atoms with E-state index in [0.717, 1.165) is 0 Å². The fourth-order valence-corrected chi connectivity index (χ4v) is 3.88. The Kier molecular flexibility index (Phi) is 9.59. The van der Waals surface area contributed by atoms with Crippen LogP contribution in [0.3, 0.4) is 0 Å². The van der Waals surface area contributed by atoms with Gasteiger partial charge in [0.25, 0.3) is 0 Å². The first-order valence-electron chi connectivity index (χ1n) is 8.88. The zero-order valence-electron chi connectivity index (χ0n) is 15.9. The molecule has 0 saturated carbocycles. The van der Waals surface area contributed by atoms with Gasteiger partial charge in [-0.05, 0) is 28.9 Å². The molecule has 1 fully saturated rings. The molecule has 5 atom stereocenters. The number of nitrogens with zero attached hydrogens (tertiary/aromatic N) is 6. The molecule has 0 radical (unpaired) electrons. The smallest absolute Gasteiger partial charge is 0.338 e. The normalized spacial score (nSPS) is 25.3. The Bertz CT molecular complexity index is 833. The Morgan fingerprint density at radius 2 is 1.87 bits per heavy atom. The summed E-state index contributed by atoms with van der Waals surface area (Å²) in [4.78, 5) is 29.6. The van der Waals surface area contributed by atoms with Crippen LogP contribution in [0.25, 0.3) is 20.9 Å². The molecule has 0 N–H and O–H groups in total. The van der Waals surface area contributed by atoms with Gasteiger partial charge in [0.05, 0.1) is 17.6 Å². The number of benzene rings is 1. The number of hydrogen-bond acceptors (Lipinski definition) is 8. The van der Waals surface area contributed by atoms with E-state index < -0.39 is 41.7 Å². The third-order valence-electron chi connectivity index (χ3n) is 4.12. The second-order valence-corrected chi connectivity index (χ2v) is 7.58. The Balaban J connectivity index is 2.35. The van der Waals surface area contributed by atoms with E-state index in [2.05, 4.69) is 20.1 Å². The summed E-state index contributed by atoms with van der Waals surface area (Å²) in [6.45, 7) is 1.60. The van der Waals surface area contributed by atoms with Crippen molar-refractivity contribution in [3.63, 3.8) is 0 Å². The summed E-state index contributed by atoms with van der Waals surface area (Å²) in [6.07, 6.45) is -1.95. The first kappa shape index (κ1) is 23.7. The monoisotopic (exact) mass is 454 g/mol. The van der Waals surface area contributed by atoms with Crippen molar-refractivity contribution in [2.75, 3.05) is 18.2 Å². The summed E-state index contributed by atoms with van der Waals surface area (Å²) in [5.74, 6) is -1.09. The number of halogens is 1. The summed E-state index contributed by atoms with van der Waals surface area (Å²) in [5.41, 5.74) is 17.6. The minimum atomic E-state index is -1.07. The zero-order chi connectivity index (χ0) is 21.9. The number of ether oxygens (including phenoxy) is 3. The topological polar surface area (TPSA) is 159 Å². The highest BCUT2D eigenvalue weighted by Gasteiger charge is 2.48. The molecule has 0 aromatic heterocycles. The van der Waals surface area contributed by atoms with Crippen LogP contribution in [0.1, 0.15) is 17.3 Å². The van der Waals surface area contributed by atoms with Gasteiger partial charge in [-0.15, -0.1) is 23.4 Å². The van der Waals surface area contributed by atoms with Gasteiger partial charge in [-0.2, -0.15) is 0 Å². The number of hydrogen-bond donors (Lipinski definition) is 0. The molecule has 1 aliphatic heterocycles. The molecule has 0 bridgehead atoms. The van der Waals surface area contributed by atoms with Crippen molar-refractivity contribution in [1.82, 2.24) is 0 Å². The second-order valence-electron chi connectivity index (χ2n) is 5.94. The third-order valence-corrected chi connectivity index (χ3v) is 5.38. The molecule has 1 aromatic carbocycles. The summed E-state index contributed by atoms with van der Waals surface area (Å²) in [5, 5.41) is 7.38. The maximum absolute atomic E-state index is 12.6. The maximum atomic E-state index is 12.6. The van der Waals surface area contributed by atoms with E-state index in [1.165, 1.54) is 11.8 Å². The number of esters is 2. The fraction of sp³-hybridized carbons (Fsp3) is 0.529. The summed E-state index contributed by atoms with van der Waals surface area (Å²) >= 11 is 6.74. The van der Waals surface area contributed by atoms with E-state index in [9.17, 15) is 9.59 Å². The zero-order valence-corrected chi connectivity index (χ0v) is 17.5. The molecular formula is C17H19ClN6O5S. The number of azide groups is 2. The average molecular weight is 455 g/mol. The van der Waals surface area contributed by atoms with E-state index in [-0.39, 0.29) is 12.5 Å². The quantitative estimate of drug-likeness (QED) is 0.181. The molecule has 1 saturated heterocycles. The predicted octanol–water partition coefficient (Wildman–Crippen LogP) is 3.83. The van der Waals surface area contributed by atoms with Crippen molar-refractivity contribution in [1.29, 1.82) is 0 Å². The average Bonchev–Trinajstić information content (AvgIpc) is 2.76. The minimum absolute atomic E-state index is 0.271. The summed E-state index contributed by atoms with van der Waals surface area (Å²) in [6, 6.07) is 6.13. The maximum Gasteiger partial charge on any atom is 0.338 e. The molecule has 160 valence electrons. The molecular weight excluding hydrogens is 436 g/mol. The first-order valence-corrected chi connectivity index (χ1v) is 10.5. The Labute approximate surface area is 181 Å². The van der Waals surface area contributed by atoms with Crippen LogP contribution in [0.5, 0.6) is 0 Å². The van der Waals surface area contributed by atoms with Crippen molar-refractivity contribution in [2.24, 2.45) is 10.2 Å². The van der Waals surface area contributed by atoms with Crippen LogP contribution in [0.4, 0.5) is 0 Å². The van der Waals surface area contributed by atoms with Gasteiger partial charge in [-0.1, -0.05) is 35.4 Å². The molecule has 0 amide bonds. The van der Waals surface area contributed by atoms with Crippen LogP contribution < -0.4 is 0 Å². The molecule has 2 rings (SSSR count). The minimum Gasteiger partial charge on any atom is -0.462 e. The van der Waals surface area contributed by atoms with Crippen LogP contribution in [-0.4, -0.2) is 59.9 Å². The van der Waals surface area contributed by atoms with E-state index in [1.807, 2.05) is 6.92 Å². The fourth-order valence-electron chi connectivity index (χ4n) is 2.84. The first-order chi connectivity index (χ1) is 14.5. The lowest BCUT2D eigenvalue weighted by Gasteiger charge is -2.42. The lowest BCUT2D eigenvalue weighted by Crippen LogP contribution is -2.57. The van der Waals surface area contributed by atoms with Crippen molar-refractivity contribution in [2.45, 2.75) is 36.7 Å². The van der Waals surface area contributed by atoms with Gasteiger partial charge in [0, 0.05) is 9.82 Å². The molecule has 0 spiro atoms. The molecule has 13 heteroatoms. The van der Waals surface area contributed by atoms with Crippen LogP contribution in [0.15, 0.2) is 40.6 Å². The van der Waals surface area contributed by atoms with E-state index in [0.29, 0.717) is 11.3 Å². The lowest BCUT2D eigenvalue weighted by atomic mass is 9.95. The van der Waals surface area contributed by atoms with Gasteiger partial charge >= 0.3 is 11.9 Å². The summed E-state index contributed by atoms with van der Waals surface area (Å²) < 4.78 is 16.6. The van der Waals surface area contributed by atoms with Crippen LogP contribution in [-0.2, 0) is 19.0 Å². The second kappa shape index (κ2) is 12.2. The number of carbonyl (C=O) groups is 2. The number of rotatable bonds is 9. The lowest BCUT2D eigenvalue weighted by molar-refractivity contribution is -0.153. The van der Waals surface area contributed by atoms with Gasteiger partial charge in [0.2, 0.25) is 0 Å². The third kappa shape index (κ3) is 6.19. The SMILES string of the molecule is CCS[C@@H]1O[C@H](COC(=O)CCl)[C@@H](N=[N+]=[N-])[C@@H](N=[N+]=[N-])[C@H]1OC(=O)c1ccccc1. The van der Waals surface area contributed by atoms with E-state index in [1.54, 1.807) is 30.3 Å². The van der Waals surface area contributed by atoms with Gasteiger partial charge < -0.3 is 14.2 Å². The predicted molar refractivity (Wildman–Crippen MR) is 110 cm³/mol. The largest absolute Gasteiger partial charge is 0.462 e. The molecule has 1 aliphatic rings. The summed E-state index contributed by atoms with van der Waals surface area (Å²) in [7, 11) is 0. The molecule has 1 heterocycles. The molecule has 30 heavy (non-hydrogen) atoms. The molecule has 11 nitrogen and oxygen atoms in total. The van der Waals surface area contributed by atoms with Crippen LogP contribution in [0.2, 0.25) is 0 Å². The molecule has 1 aromatic rings. The van der Waals surface area contributed by atoms with Crippen molar-refractivity contribution in [3.05, 3.63) is 56.8 Å². The standard InChI is InChI=1S/C17H19ClN6O5S/c1-2-30-17-15(29-16(26)10-6-4-3-5-7-10)14(22-24-20)13(21-23-19)11(28-17)9-27-12(25)8-18/h3-7,11,13-15,17H,2,8-9H2,1H3/t11-,13-,14-,15-,17+/m1/s1. The highest BCUT2D eigenvalue weighted by molar-refractivity contribution is 7.99. The number of alkyl halides is 1. The van der Waals surface area contributed by atoms with E-state index >= 15 is 0 Å². The van der Waals surface area contributed by atoms with Crippen LogP contribution >= 0.6 is 23.4 Å². The Morgan fingerprint density at radius 1 is 1.20 bits per heavy atom. The Morgan fingerprint density at radius 3 is 2.47 bits per heavy atom. The number of thioether (sulfide) groups is 1. The van der Waals surface area contributed by atoms with Crippen molar-refractivity contribution >= 4 is 35.3 Å². The highest BCUT2D eigenvalue weighted by atomic mass is 35.5.